The number of hydrogen-bond acceptors (Lipinski definition) is 4. The molecule has 2 fully saturated rings. The summed E-state index contributed by atoms with van der Waals surface area (Å²) in [7, 11) is 6.09. The molecule has 0 aromatic heterocycles. The zero-order valence-corrected chi connectivity index (χ0v) is 12.4. The summed E-state index contributed by atoms with van der Waals surface area (Å²) in [6.07, 6.45) is 3.70. The smallest absolute Gasteiger partial charge is 0.323 e. The molecule has 0 bridgehead atoms. The molecule has 2 aliphatic rings. The van der Waals surface area contributed by atoms with Gasteiger partial charge in [-0.25, -0.2) is 0 Å². The third kappa shape index (κ3) is 3.09. The minimum absolute atomic E-state index is 0.398. The van der Waals surface area contributed by atoms with Gasteiger partial charge in [0.15, 0.2) is 0 Å². The molecular formula is C14H27N3O2. The molecule has 5 nitrogen and oxygen atoms in total. The molecular weight excluding hydrogens is 242 g/mol. The van der Waals surface area contributed by atoms with Crippen LogP contribution in [0.4, 0.5) is 0 Å². The number of rotatable bonds is 5. The Hall–Kier alpha value is -0.650. The molecule has 1 saturated heterocycles. The summed E-state index contributed by atoms with van der Waals surface area (Å²) in [6, 6.07) is 0.398. The summed E-state index contributed by atoms with van der Waals surface area (Å²) in [4.78, 5) is 16.2. The maximum Gasteiger partial charge on any atom is 0.323 e. The van der Waals surface area contributed by atoms with E-state index in [0.717, 1.165) is 31.7 Å². The zero-order chi connectivity index (χ0) is 14.0. The first-order chi connectivity index (χ1) is 8.97. The number of likely N-dealkylation sites (tertiary alicyclic amines) is 1. The fourth-order valence-electron chi connectivity index (χ4n) is 3.66. The van der Waals surface area contributed by atoms with E-state index < -0.39 is 11.5 Å². The number of carbonyl (C=O) groups is 1. The Kier molecular flexibility index (Phi) is 4.48. The van der Waals surface area contributed by atoms with Crippen LogP contribution < -0.4 is 5.32 Å². The van der Waals surface area contributed by atoms with Crippen molar-refractivity contribution in [1.82, 2.24) is 15.1 Å². The number of hydrogen-bond donors (Lipinski definition) is 2. The quantitative estimate of drug-likeness (QED) is 0.760. The Labute approximate surface area is 115 Å². The lowest BCUT2D eigenvalue weighted by molar-refractivity contribution is -0.144. The van der Waals surface area contributed by atoms with Crippen LogP contribution in [0.1, 0.15) is 25.7 Å². The van der Waals surface area contributed by atoms with Gasteiger partial charge in [-0.05, 0) is 59.3 Å². The van der Waals surface area contributed by atoms with E-state index in [2.05, 4.69) is 29.2 Å². The largest absolute Gasteiger partial charge is 0.480 e. The van der Waals surface area contributed by atoms with E-state index in [0.29, 0.717) is 6.04 Å². The molecule has 3 unspecified atom stereocenters. The fraction of sp³-hybridized carbons (Fsp3) is 0.929. The van der Waals surface area contributed by atoms with E-state index in [1.165, 1.54) is 19.5 Å². The van der Waals surface area contributed by atoms with Gasteiger partial charge < -0.3 is 20.2 Å². The second-order valence-electron chi connectivity index (χ2n) is 6.39. The van der Waals surface area contributed by atoms with Gasteiger partial charge in [-0.2, -0.15) is 0 Å². The van der Waals surface area contributed by atoms with Gasteiger partial charge in [-0.3, -0.25) is 4.79 Å². The van der Waals surface area contributed by atoms with Gasteiger partial charge in [-0.15, -0.1) is 0 Å². The first kappa shape index (κ1) is 14.8. The minimum atomic E-state index is -0.703. The molecule has 0 spiro atoms. The molecule has 2 rings (SSSR count). The standard InChI is InChI=1S/C14H27N3O2/c1-15-14(13(18)19)6-4-12(8-14)17(3)10-11-5-7-16(2)9-11/h11-12,15H,4-10H2,1-3H3,(H,18,19). The van der Waals surface area contributed by atoms with Crippen molar-refractivity contribution in [3.63, 3.8) is 0 Å². The highest BCUT2D eigenvalue weighted by Crippen LogP contribution is 2.33. The third-order valence-corrected chi connectivity index (χ3v) is 5.03. The number of nitrogens with zero attached hydrogens (tertiary/aromatic N) is 2. The second-order valence-corrected chi connectivity index (χ2v) is 6.39. The zero-order valence-electron chi connectivity index (χ0n) is 12.4. The van der Waals surface area contributed by atoms with Gasteiger partial charge in [0.05, 0.1) is 0 Å². The topological polar surface area (TPSA) is 55.8 Å². The maximum atomic E-state index is 11.4. The summed E-state index contributed by atoms with van der Waals surface area (Å²) in [5.74, 6) is 0.0379. The van der Waals surface area contributed by atoms with Gasteiger partial charge in [0.2, 0.25) is 0 Å². The molecule has 5 heteroatoms. The summed E-state index contributed by atoms with van der Waals surface area (Å²) in [5, 5.41) is 12.4. The average molecular weight is 269 g/mol. The van der Waals surface area contributed by atoms with Gasteiger partial charge >= 0.3 is 5.97 Å². The Bertz CT molecular complexity index is 337. The van der Waals surface area contributed by atoms with Crippen LogP contribution in [0.3, 0.4) is 0 Å². The Morgan fingerprint density at radius 3 is 2.74 bits per heavy atom. The Morgan fingerprint density at radius 2 is 2.26 bits per heavy atom. The van der Waals surface area contributed by atoms with Gasteiger partial charge in [0.25, 0.3) is 0 Å². The molecule has 3 atom stereocenters. The van der Waals surface area contributed by atoms with E-state index in [1.807, 2.05) is 0 Å². The number of aliphatic carboxylic acids is 1. The number of carboxylic acid groups (broad SMARTS) is 1. The van der Waals surface area contributed by atoms with Crippen LogP contribution in [0.2, 0.25) is 0 Å². The van der Waals surface area contributed by atoms with Crippen LogP contribution in [0.15, 0.2) is 0 Å². The normalized spacial score (nSPS) is 36.2. The molecule has 2 N–H and O–H groups in total. The molecule has 1 saturated carbocycles. The monoisotopic (exact) mass is 269 g/mol. The summed E-state index contributed by atoms with van der Waals surface area (Å²) >= 11 is 0. The fourth-order valence-corrected chi connectivity index (χ4v) is 3.66. The highest BCUT2D eigenvalue weighted by atomic mass is 16.4. The lowest BCUT2D eigenvalue weighted by atomic mass is 9.97. The summed E-state index contributed by atoms with van der Waals surface area (Å²) in [6.45, 7) is 3.46. The minimum Gasteiger partial charge on any atom is -0.480 e. The summed E-state index contributed by atoms with van der Waals surface area (Å²) < 4.78 is 0. The molecule has 0 amide bonds. The molecule has 110 valence electrons. The molecule has 19 heavy (non-hydrogen) atoms. The van der Waals surface area contributed by atoms with Gasteiger partial charge in [0.1, 0.15) is 5.54 Å². The SMILES string of the molecule is CNC1(C(=O)O)CCC(N(C)CC2CCN(C)C2)C1. The Balaban J connectivity index is 1.87. The van der Waals surface area contributed by atoms with Crippen molar-refractivity contribution in [3.8, 4) is 0 Å². The van der Waals surface area contributed by atoms with Crippen LogP contribution in [0.25, 0.3) is 0 Å². The third-order valence-electron chi connectivity index (χ3n) is 5.03. The van der Waals surface area contributed by atoms with E-state index in [1.54, 1.807) is 7.05 Å². The van der Waals surface area contributed by atoms with Gasteiger partial charge in [-0.1, -0.05) is 0 Å². The van der Waals surface area contributed by atoms with Crippen LogP contribution >= 0.6 is 0 Å². The van der Waals surface area contributed by atoms with E-state index in [4.69, 9.17) is 0 Å². The van der Waals surface area contributed by atoms with Crippen molar-refractivity contribution in [2.24, 2.45) is 5.92 Å². The predicted molar refractivity (Wildman–Crippen MR) is 75.3 cm³/mol. The lowest BCUT2D eigenvalue weighted by Crippen LogP contribution is -2.49. The molecule has 1 aliphatic carbocycles. The van der Waals surface area contributed by atoms with E-state index in [9.17, 15) is 9.90 Å². The first-order valence-corrected chi connectivity index (χ1v) is 7.28. The highest BCUT2D eigenvalue weighted by molar-refractivity contribution is 5.79. The van der Waals surface area contributed by atoms with Crippen molar-refractivity contribution >= 4 is 5.97 Å². The van der Waals surface area contributed by atoms with E-state index in [-0.39, 0.29) is 0 Å². The molecule has 0 radical (unpaired) electrons. The molecule has 0 aromatic carbocycles. The number of likely N-dealkylation sites (N-methyl/N-ethyl adjacent to an activating group) is 1. The van der Waals surface area contributed by atoms with Gasteiger partial charge in [0, 0.05) is 19.1 Å². The summed E-state index contributed by atoms with van der Waals surface area (Å²) in [5.41, 5.74) is -0.703. The Morgan fingerprint density at radius 1 is 1.53 bits per heavy atom. The van der Waals surface area contributed by atoms with Crippen LogP contribution in [0.5, 0.6) is 0 Å². The van der Waals surface area contributed by atoms with Crippen molar-refractivity contribution in [2.45, 2.75) is 37.3 Å². The number of carboxylic acids is 1. The van der Waals surface area contributed by atoms with Crippen molar-refractivity contribution in [3.05, 3.63) is 0 Å². The van der Waals surface area contributed by atoms with Crippen molar-refractivity contribution < 1.29 is 9.90 Å². The van der Waals surface area contributed by atoms with Crippen molar-refractivity contribution in [2.75, 3.05) is 40.8 Å². The van der Waals surface area contributed by atoms with Crippen molar-refractivity contribution in [1.29, 1.82) is 0 Å². The van der Waals surface area contributed by atoms with Crippen LogP contribution in [-0.4, -0.2) is 73.2 Å². The van der Waals surface area contributed by atoms with Crippen LogP contribution in [0, 0.1) is 5.92 Å². The molecule has 1 aliphatic heterocycles. The number of nitrogens with one attached hydrogen (secondary N) is 1. The van der Waals surface area contributed by atoms with E-state index >= 15 is 0 Å². The molecule has 1 heterocycles. The molecule has 0 aromatic rings. The maximum absolute atomic E-state index is 11.4. The average Bonchev–Trinajstić information content (AvgIpc) is 2.96. The highest BCUT2D eigenvalue weighted by Gasteiger charge is 2.45. The second kappa shape index (κ2) is 5.77. The lowest BCUT2D eigenvalue weighted by Gasteiger charge is -2.29. The first-order valence-electron chi connectivity index (χ1n) is 7.28. The predicted octanol–water partition coefficient (Wildman–Crippen LogP) is 0.465. The van der Waals surface area contributed by atoms with Crippen LogP contribution in [-0.2, 0) is 4.79 Å².